The fourth-order valence-corrected chi connectivity index (χ4v) is 4.47. The van der Waals surface area contributed by atoms with Gasteiger partial charge < -0.3 is 0 Å². The number of fused-ring (bicyclic) bond motifs is 3. The maximum absolute atomic E-state index is 3.58. The Labute approximate surface area is 197 Å². The Kier molecular flexibility index (Phi) is 5.27. The highest BCUT2D eigenvalue weighted by Crippen LogP contribution is 2.47. The summed E-state index contributed by atoms with van der Waals surface area (Å²) in [4.78, 5) is 0. The first-order valence-corrected chi connectivity index (χ1v) is 11.5. The normalized spacial score (nSPS) is 11.9. The molecule has 4 aromatic rings. The van der Waals surface area contributed by atoms with Gasteiger partial charge in [0.15, 0.2) is 0 Å². The Morgan fingerprint density at radius 3 is 1.64 bits per heavy atom. The van der Waals surface area contributed by atoms with Crippen LogP contribution in [0, 0.1) is 18.8 Å². The number of benzene rings is 4. The molecule has 0 radical (unpaired) electrons. The summed E-state index contributed by atoms with van der Waals surface area (Å²) in [6, 6.07) is 34.7. The van der Waals surface area contributed by atoms with Gasteiger partial charge in [0.05, 0.1) is 0 Å². The highest BCUT2D eigenvalue weighted by molar-refractivity contribution is 6.13. The van der Waals surface area contributed by atoms with Crippen molar-refractivity contribution < 1.29 is 0 Å². The van der Waals surface area contributed by atoms with E-state index >= 15 is 0 Å². The molecule has 0 atom stereocenters. The Balaban J connectivity index is 1.72. The minimum absolute atomic E-state index is 0.137. The number of hydrogen-bond acceptors (Lipinski definition) is 0. The summed E-state index contributed by atoms with van der Waals surface area (Å²) in [5.41, 5.74) is 12.3. The van der Waals surface area contributed by atoms with Gasteiger partial charge >= 0.3 is 0 Å². The summed E-state index contributed by atoms with van der Waals surface area (Å²) >= 11 is 0. The van der Waals surface area contributed by atoms with E-state index in [2.05, 4.69) is 137 Å². The van der Waals surface area contributed by atoms with E-state index in [1.165, 1.54) is 39.0 Å². The molecule has 33 heavy (non-hydrogen) atoms. The van der Waals surface area contributed by atoms with Crippen molar-refractivity contribution in [3.05, 3.63) is 130 Å². The van der Waals surface area contributed by atoms with Crippen LogP contribution in [0.1, 0.15) is 54.2 Å². The van der Waals surface area contributed by atoms with Crippen LogP contribution in [0.25, 0.3) is 22.3 Å². The first-order valence-electron chi connectivity index (χ1n) is 11.5. The van der Waals surface area contributed by atoms with E-state index < -0.39 is 0 Å². The molecule has 0 aliphatic heterocycles. The molecule has 1 aliphatic rings. The second-order valence-electron chi connectivity index (χ2n) is 9.78. The van der Waals surface area contributed by atoms with Crippen molar-refractivity contribution >= 4 is 11.1 Å². The second kappa shape index (κ2) is 8.27. The van der Waals surface area contributed by atoms with Crippen LogP contribution in [-0.2, 0) is 5.41 Å². The zero-order valence-electron chi connectivity index (χ0n) is 19.7. The van der Waals surface area contributed by atoms with Crippen molar-refractivity contribution in [2.75, 3.05) is 0 Å². The van der Waals surface area contributed by atoms with E-state index in [-0.39, 0.29) is 5.41 Å². The van der Waals surface area contributed by atoms with Gasteiger partial charge in [-0.1, -0.05) is 123 Å². The molecule has 160 valence electrons. The molecular weight excluding hydrogens is 396 g/mol. The zero-order chi connectivity index (χ0) is 23.0. The molecule has 0 N–H and O–H groups in total. The first kappa shape index (κ1) is 21.0. The maximum Gasteiger partial charge on any atom is 0.0406 e. The smallest absolute Gasteiger partial charge is 0.0406 e. The van der Waals surface area contributed by atoms with E-state index in [0.717, 1.165) is 16.7 Å². The van der Waals surface area contributed by atoms with E-state index in [1.807, 2.05) is 0 Å². The lowest BCUT2D eigenvalue weighted by Gasteiger charge is -2.18. The second-order valence-corrected chi connectivity index (χ2v) is 9.78. The fraction of sp³-hybridized carbons (Fsp3) is 0.152. The van der Waals surface area contributed by atoms with Crippen LogP contribution in [0.5, 0.6) is 0 Å². The molecule has 0 fully saturated rings. The first-order chi connectivity index (χ1) is 15.9. The average molecular weight is 425 g/mol. The number of allylic oxidation sites excluding steroid dienone is 1. The Hall–Kier alpha value is -3.82. The molecule has 0 saturated heterocycles. The van der Waals surface area contributed by atoms with Gasteiger partial charge in [0.2, 0.25) is 0 Å². The maximum atomic E-state index is 3.58. The van der Waals surface area contributed by atoms with Gasteiger partial charge in [-0.3, -0.25) is 0 Å². The Morgan fingerprint density at radius 2 is 1.12 bits per heavy atom. The SMILES string of the molecule is Cc1ccc(C(C#Cc2ccc(C(C)(C)C)cc2)=C2c3ccccc3-c3ccccc32)cc1. The molecule has 0 aromatic heterocycles. The van der Waals surface area contributed by atoms with Crippen molar-refractivity contribution in [1.29, 1.82) is 0 Å². The van der Waals surface area contributed by atoms with Crippen molar-refractivity contribution in [1.82, 2.24) is 0 Å². The van der Waals surface area contributed by atoms with Gasteiger partial charge in [-0.15, -0.1) is 0 Å². The third-order valence-corrected chi connectivity index (χ3v) is 6.36. The molecule has 1 aliphatic carbocycles. The summed E-state index contributed by atoms with van der Waals surface area (Å²) in [5, 5.41) is 0. The monoisotopic (exact) mass is 424 g/mol. The predicted octanol–water partition coefficient (Wildman–Crippen LogP) is 8.28. The molecule has 0 heterocycles. The van der Waals surface area contributed by atoms with Gasteiger partial charge in [-0.25, -0.2) is 0 Å². The van der Waals surface area contributed by atoms with Crippen molar-refractivity contribution in [3.8, 4) is 23.0 Å². The molecular formula is C33H28. The quantitative estimate of drug-likeness (QED) is 0.237. The lowest BCUT2D eigenvalue weighted by atomic mass is 9.87. The summed E-state index contributed by atoms with van der Waals surface area (Å²) in [6.45, 7) is 8.84. The minimum Gasteiger partial charge on any atom is -0.0616 e. The number of aryl methyl sites for hydroxylation is 1. The topological polar surface area (TPSA) is 0 Å². The van der Waals surface area contributed by atoms with Gasteiger partial charge in [0.25, 0.3) is 0 Å². The fourth-order valence-electron chi connectivity index (χ4n) is 4.47. The predicted molar refractivity (Wildman–Crippen MR) is 141 cm³/mol. The molecule has 0 nitrogen and oxygen atoms in total. The standard InChI is InChI=1S/C33H28/c1-23-13-18-25(19-14-23)27(22-17-24-15-20-26(21-16-24)33(2,3)4)32-30-11-7-5-9-28(30)29-10-6-8-12-31(29)32/h5-16,18-21H,1-4H3. The molecule has 0 heteroatoms. The zero-order valence-corrected chi connectivity index (χ0v) is 19.7. The summed E-state index contributed by atoms with van der Waals surface area (Å²) in [6.07, 6.45) is 0. The minimum atomic E-state index is 0.137. The lowest BCUT2D eigenvalue weighted by Crippen LogP contribution is -2.10. The van der Waals surface area contributed by atoms with E-state index in [9.17, 15) is 0 Å². The lowest BCUT2D eigenvalue weighted by molar-refractivity contribution is 0.590. The third kappa shape index (κ3) is 4.04. The van der Waals surface area contributed by atoms with Gasteiger partial charge in [-0.2, -0.15) is 0 Å². The van der Waals surface area contributed by atoms with Crippen molar-refractivity contribution in [2.45, 2.75) is 33.1 Å². The van der Waals surface area contributed by atoms with Crippen LogP contribution in [-0.4, -0.2) is 0 Å². The highest BCUT2D eigenvalue weighted by Gasteiger charge is 2.25. The Morgan fingerprint density at radius 1 is 0.606 bits per heavy atom. The van der Waals surface area contributed by atoms with Gasteiger partial charge in [0, 0.05) is 16.7 Å². The van der Waals surface area contributed by atoms with Crippen molar-refractivity contribution in [2.24, 2.45) is 0 Å². The van der Waals surface area contributed by atoms with Gasteiger partial charge in [-0.05, 0) is 57.9 Å². The molecule has 0 saturated carbocycles. The van der Waals surface area contributed by atoms with Crippen molar-refractivity contribution in [3.63, 3.8) is 0 Å². The van der Waals surface area contributed by atoms with Crippen LogP contribution in [0.3, 0.4) is 0 Å². The number of rotatable bonds is 1. The summed E-state index contributed by atoms with van der Waals surface area (Å²) < 4.78 is 0. The molecule has 0 spiro atoms. The van der Waals surface area contributed by atoms with Crippen LogP contribution >= 0.6 is 0 Å². The Bertz CT molecular complexity index is 1360. The van der Waals surface area contributed by atoms with Gasteiger partial charge in [0.1, 0.15) is 0 Å². The van der Waals surface area contributed by atoms with Crippen LogP contribution in [0.4, 0.5) is 0 Å². The molecule has 0 amide bonds. The number of hydrogen-bond donors (Lipinski definition) is 0. The molecule has 0 unspecified atom stereocenters. The highest BCUT2D eigenvalue weighted by atomic mass is 14.3. The average Bonchev–Trinajstić information content (AvgIpc) is 3.15. The summed E-state index contributed by atoms with van der Waals surface area (Å²) in [5.74, 6) is 7.05. The van der Waals surface area contributed by atoms with E-state index in [4.69, 9.17) is 0 Å². The van der Waals surface area contributed by atoms with E-state index in [0.29, 0.717) is 0 Å². The summed E-state index contributed by atoms with van der Waals surface area (Å²) in [7, 11) is 0. The molecule has 4 aromatic carbocycles. The third-order valence-electron chi connectivity index (χ3n) is 6.36. The van der Waals surface area contributed by atoms with Crippen LogP contribution < -0.4 is 0 Å². The molecule has 5 rings (SSSR count). The van der Waals surface area contributed by atoms with Crippen LogP contribution in [0.2, 0.25) is 0 Å². The van der Waals surface area contributed by atoms with E-state index in [1.54, 1.807) is 0 Å². The largest absolute Gasteiger partial charge is 0.0616 e. The van der Waals surface area contributed by atoms with Crippen LogP contribution in [0.15, 0.2) is 97.1 Å². The molecule has 0 bridgehead atoms.